The Bertz CT molecular complexity index is 940. The molecule has 0 spiro atoms. The van der Waals surface area contributed by atoms with E-state index in [1.165, 1.54) is 16.7 Å². The molecule has 4 nitrogen and oxygen atoms in total. The molecule has 0 bridgehead atoms. The number of rotatable bonds is 2. The number of nitrogens with zero attached hydrogens (tertiary/aromatic N) is 3. The van der Waals surface area contributed by atoms with Gasteiger partial charge in [-0.3, -0.25) is 9.69 Å². The van der Waals surface area contributed by atoms with E-state index >= 15 is 0 Å². The lowest BCUT2D eigenvalue weighted by Crippen LogP contribution is -2.29. The van der Waals surface area contributed by atoms with E-state index in [0.717, 1.165) is 30.9 Å². The average Bonchev–Trinajstić information content (AvgIpc) is 3.14. The minimum Gasteiger partial charge on any atom is -0.337 e. The fourth-order valence-electron chi connectivity index (χ4n) is 2.82. The molecule has 0 aliphatic carbocycles. The third kappa shape index (κ3) is 3.08. The fraction of sp³-hybridized carbons (Fsp3) is 0.158. The van der Waals surface area contributed by atoms with Crippen molar-refractivity contribution in [3.63, 3.8) is 0 Å². The van der Waals surface area contributed by atoms with Gasteiger partial charge in [-0.15, -0.1) is 0 Å². The smallest absolute Gasteiger partial charge is 0.269 e. The molecule has 2 aliphatic heterocycles. The minimum atomic E-state index is 0.0236. The van der Waals surface area contributed by atoms with E-state index in [4.69, 9.17) is 4.99 Å². The molecule has 0 unspecified atom stereocenters. The molecule has 1 saturated heterocycles. The van der Waals surface area contributed by atoms with Gasteiger partial charge in [0.15, 0.2) is 5.17 Å². The molecular formula is C19H16BrN3OS2. The lowest BCUT2D eigenvalue weighted by atomic mass is 10.3. The Morgan fingerprint density at radius 1 is 1.08 bits per heavy atom. The molecule has 4 rings (SSSR count). The molecule has 1 fully saturated rings. The summed E-state index contributed by atoms with van der Waals surface area (Å²) in [6.45, 7) is 2.57. The number of fused-ring (bicyclic) bond motifs is 1. The molecule has 0 saturated carbocycles. The fourth-order valence-corrected chi connectivity index (χ4v) is 5.50. The van der Waals surface area contributed by atoms with Crippen molar-refractivity contribution in [2.45, 2.75) is 11.8 Å². The first-order chi connectivity index (χ1) is 12.6. The standard InChI is InChI=1S/C19H16BrN3OS2/c1-3-23-17(24)16(18-22(2)14-6-4-5-7-15(14)25-18)26-19(23)21-13-10-8-12(20)9-11-13/h4-11H,3H2,1-2H3/b18-16-,21-19?. The van der Waals surface area contributed by atoms with Crippen LogP contribution in [0.4, 0.5) is 11.4 Å². The Kier molecular flexibility index (Phi) is 4.86. The van der Waals surface area contributed by atoms with Gasteiger partial charge >= 0.3 is 0 Å². The summed E-state index contributed by atoms with van der Waals surface area (Å²) in [5.74, 6) is 0.0236. The van der Waals surface area contributed by atoms with Crippen LogP contribution in [0.2, 0.25) is 0 Å². The number of likely N-dealkylation sites (N-methyl/N-ethyl adjacent to an activating group) is 1. The summed E-state index contributed by atoms with van der Waals surface area (Å²) in [5, 5.41) is 1.70. The highest BCUT2D eigenvalue weighted by Crippen LogP contribution is 2.49. The summed E-state index contributed by atoms with van der Waals surface area (Å²) in [7, 11) is 2.01. The van der Waals surface area contributed by atoms with E-state index in [-0.39, 0.29) is 5.91 Å². The number of hydrogen-bond acceptors (Lipinski definition) is 5. The number of benzene rings is 2. The van der Waals surface area contributed by atoms with Crippen LogP contribution in [0.1, 0.15) is 6.92 Å². The van der Waals surface area contributed by atoms with E-state index in [2.05, 4.69) is 33.0 Å². The van der Waals surface area contributed by atoms with Crippen molar-refractivity contribution in [1.29, 1.82) is 0 Å². The second kappa shape index (κ2) is 7.13. The van der Waals surface area contributed by atoms with Crippen LogP contribution in [0.15, 0.2) is 72.8 Å². The SMILES string of the molecule is CCN1C(=O)/C(=C2/Sc3ccccc3N2C)SC1=Nc1ccc(Br)cc1. The molecular weight excluding hydrogens is 430 g/mol. The van der Waals surface area contributed by atoms with E-state index in [1.807, 2.05) is 50.4 Å². The Morgan fingerprint density at radius 3 is 2.50 bits per heavy atom. The Hall–Kier alpha value is -1.70. The monoisotopic (exact) mass is 445 g/mol. The molecule has 2 aromatic carbocycles. The normalized spacial score (nSPS) is 21.0. The molecule has 0 aromatic heterocycles. The van der Waals surface area contributed by atoms with Crippen LogP contribution in [0, 0.1) is 0 Å². The predicted molar refractivity (Wildman–Crippen MR) is 114 cm³/mol. The average molecular weight is 446 g/mol. The van der Waals surface area contributed by atoms with E-state index < -0.39 is 0 Å². The largest absolute Gasteiger partial charge is 0.337 e. The summed E-state index contributed by atoms with van der Waals surface area (Å²) < 4.78 is 1.01. The van der Waals surface area contributed by atoms with Gasteiger partial charge in [-0.1, -0.05) is 39.8 Å². The zero-order chi connectivity index (χ0) is 18.3. The number of thioether (sulfide) groups is 2. The van der Waals surface area contributed by atoms with Gasteiger partial charge in [-0.05, 0) is 55.1 Å². The predicted octanol–water partition coefficient (Wildman–Crippen LogP) is 5.44. The van der Waals surface area contributed by atoms with Crippen molar-refractivity contribution in [1.82, 2.24) is 4.90 Å². The molecule has 0 radical (unpaired) electrons. The first-order valence-electron chi connectivity index (χ1n) is 8.17. The number of aliphatic imine (C=N–C) groups is 1. The lowest BCUT2D eigenvalue weighted by molar-refractivity contribution is -0.122. The first kappa shape index (κ1) is 17.7. The summed E-state index contributed by atoms with van der Waals surface area (Å²) >= 11 is 6.53. The number of halogens is 1. The number of amidine groups is 1. The molecule has 132 valence electrons. The van der Waals surface area contributed by atoms with Crippen LogP contribution >= 0.6 is 39.5 Å². The van der Waals surface area contributed by atoms with Crippen molar-refractivity contribution in [2.75, 3.05) is 18.5 Å². The molecule has 2 aromatic rings. The van der Waals surface area contributed by atoms with E-state index in [1.54, 1.807) is 16.7 Å². The van der Waals surface area contributed by atoms with Gasteiger partial charge < -0.3 is 4.90 Å². The van der Waals surface area contributed by atoms with Gasteiger partial charge in [0.25, 0.3) is 5.91 Å². The third-order valence-electron chi connectivity index (χ3n) is 4.16. The van der Waals surface area contributed by atoms with Gasteiger partial charge in [0, 0.05) is 23.0 Å². The highest BCUT2D eigenvalue weighted by molar-refractivity contribution is 9.10. The number of anilines is 1. The summed E-state index contributed by atoms with van der Waals surface area (Å²) in [4.78, 5) is 23.4. The maximum absolute atomic E-state index is 13.0. The maximum atomic E-state index is 13.0. The van der Waals surface area contributed by atoms with E-state index in [0.29, 0.717) is 6.54 Å². The van der Waals surface area contributed by atoms with Gasteiger partial charge in [-0.2, -0.15) is 0 Å². The summed E-state index contributed by atoms with van der Waals surface area (Å²) in [5.41, 5.74) is 1.97. The quantitative estimate of drug-likeness (QED) is 0.576. The van der Waals surface area contributed by atoms with Crippen molar-refractivity contribution in [3.05, 3.63) is 62.9 Å². The summed E-state index contributed by atoms with van der Waals surface area (Å²) in [6.07, 6.45) is 0. The van der Waals surface area contributed by atoms with Crippen LogP contribution in [-0.4, -0.2) is 29.6 Å². The second-order valence-electron chi connectivity index (χ2n) is 5.79. The van der Waals surface area contributed by atoms with Crippen molar-refractivity contribution in [2.24, 2.45) is 4.99 Å². The number of amides is 1. The highest BCUT2D eigenvalue weighted by atomic mass is 79.9. The lowest BCUT2D eigenvalue weighted by Gasteiger charge is -2.15. The van der Waals surface area contributed by atoms with E-state index in [9.17, 15) is 4.79 Å². The topological polar surface area (TPSA) is 35.9 Å². The zero-order valence-corrected chi connectivity index (χ0v) is 17.5. The number of hydrogen-bond donors (Lipinski definition) is 0. The van der Waals surface area contributed by atoms with Crippen molar-refractivity contribution < 1.29 is 4.79 Å². The van der Waals surface area contributed by atoms with Gasteiger partial charge in [0.2, 0.25) is 0 Å². The molecule has 1 amide bonds. The third-order valence-corrected chi connectivity index (χ3v) is 7.12. The molecule has 2 aliphatic rings. The summed E-state index contributed by atoms with van der Waals surface area (Å²) in [6, 6.07) is 16.0. The molecule has 26 heavy (non-hydrogen) atoms. The second-order valence-corrected chi connectivity index (χ2v) is 8.71. The van der Waals surface area contributed by atoms with Gasteiger partial charge in [0.05, 0.1) is 16.4 Å². The number of carbonyl (C=O) groups is 1. The van der Waals surface area contributed by atoms with Crippen molar-refractivity contribution >= 4 is 61.9 Å². The highest BCUT2D eigenvalue weighted by Gasteiger charge is 2.38. The Balaban J connectivity index is 1.72. The van der Waals surface area contributed by atoms with Crippen LogP contribution in [0.25, 0.3) is 0 Å². The molecule has 7 heteroatoms. The van der Waals surface area contributed by atoms with Crippen molar-refractivity contribution in [3.8, 4) is 0 Å². The Labute approximate surface area is 169 Å². The van der Waals surface area contributed by atoms with Crippen LogP contribution in [-0.2, 0) is 4.79 Å². The minimum absolute atomic E-state index is 0.0236. The molecule has 0 N–H and O–H groups in total. The molecule has 0 atom stereocenters. The Morgan fingerprint density at radius 2 is 1.81 bits per heavy atom. The van der Waals surface area contributed by atoms with Crippen LogP contribution in [0.5, 0.6) is 0 Å². The number of para-hydroxylation sites is 1. The zero-order valence-electron chi connectivity index (χ0n) is 14.3. The van der Waals surface area contributed by atoms with Crippen LogP contribution < -0.4 is 4.90 Å². The molecule has 2 heterocycles. The van der Waals surface area contributed by atoms with Gasteiger partial charge in [0.1, 0.15) is 4.91 Å². The number of carbonyl (C=O) groups excluding carboxylic acids is 1. The van der Waals surface area contributed by atoms with Gasteiger partial charge in [-0.25, -0.2) is 4.99 Å². The van der Waals surface area contributed by atoms with Crippen LogP contribution in [0.3, 0.4) is 0 Å². The maximum Gasteiger partial charge on any atom is 0.269 e. The first-order valence-corrected chi connectivity index (χ1v) is 10.6.